The summed E-state index contributed by atoms with van der Waals surface area (Å²) in [6, 6.07) is 4.19. The quantitative estimate of drug-likeness (QED) is 0.615. The van der Waals surface area contributed by atoms with Gasteiger partial charge in [0, 0.05) is 32.2 Å². The summed E-state index contributed by atoms with van der Waals surface area (Å²) in [5.74, 6) is 2.42. The van der Waals surface area contributed by atoms with E-state index < -0.39 is 0 Å². The van der Waals surface area contributed by atoms with Crippen molar-refractivity contribution in [1.29, 1.82) is 0 Å². The molecule has 30 heavy (non-hydrogen) atoms. The molecule has 0 aliphatic heterocycles. The van der Waals surface area contributed by atoms with Gasteiger partial charge in [-0.15, -0.1) is 11.3 Å². The molecule has 2 N–H and O–H groups in total. The molecule has 4 rings (SSSR count). The lowest BCUT2D eigenvalue weighted by molar-refractivity contribution is 0.0947. The van der Waals surface area contributed by atoms with Crippen LogP contribution in [0.15, 0.2) is 15.9 Å². The Labute approximate surface area is 191 Å². The number of carbonyl (C=O) groups is 1. The first-order valence-electron chi connectivity index (χ1n) is 10.9. The molecule has 0 saturated heterocycles. The SMILES string of the molecule is CN(C)c1nc(NC2CCC(CNC(=O)c3ccc(Br)s3)CC2)nc2c1CCCC2. The maximum atomic E-state index is 12.3. The Balaban J connectivity index is 1.29. The number of nitrogens with zero attached hydrogens (tertiary/aromatic N) is 3. The highest BCUT2D eigenvalue weighted by atomic mass is 79.9. The number of thiophene rings is 1. The first-order valence-corrected chi connectivity index (χ1v) is 12.5. The summed E-state index contributed by atoms with van der Waals surface area (Å²) in [7, 11) is 4.13. The minimum absolute atomic E-state index is 0.0321. The molecule has 0 aromatic carbocycles. The van der Waals surface area contributed by atoms with Gasteiger partial charge in [0.1, 0.15) is 5.82 Å². The van der Waals surface area contributed by atoms with E-state index in [1.54, 1.807) is 0 Å². The van der Waals surface area contributed by atoms with Crippen LogP contribution in [0.25, 0.3) is 0 Å². The molecular weight excluding hydrogens is 462 g/mol. The molecule has 1 fully saturated rings. The Hall–Kier alpha value is -1.67. The summed E-state index contributed by atoms with van der Waals surface area (Å²) in [5.41, 5.74) is 2.55. The van der Waals surface area contributed by atoms with Gasteiger partial charge in [-0.25, -0.2) is 4.98 Å². The molecule has 2 aliphatic carbocycles. The first kappa shape index (κ1) is 21.6. The number of hydrogen-bond donors (Lipinski definition) is 2. The average Bonchev–Trinajstić information content (AvgIpc) is 3.19. The number of hydrogen-bond acceptors (Lipinski definition) is 6. The van der Waals surface area contributed by atoms with E-state index in [1.807, 2.05) is 12.1 Å². The van der Waals surface area contributed by atoms with Gasteiger partial charge in [0.2, 0.25) is 5.95 Å². The highest BCUT2D eigenvalue weighted by Crippen LogP contribution is 2.30. The normalized spacial score (nSPS) is 21.0. The van der Waals surface area contributed by atoms with Crippen LogP contribution in [0.3, 0.4) is 0 Å². The second-order valence-electron chi connectivity index (χ2n) is 8.57. The van der Waals surface area contributed by atoms with Gasteiger partial charge in [-0.3, -0.25) is 4.79 Å². The highest BCUT2D eigenvalue weighted by Gasteiger charge is 2.24. The van der Waals surface area contributed by atoms with Crippen molar-refractivity contribution >= 4 is 44.9 Å². The summed E-state index contributed by atoms with van der Waals surface area (Å²) in [6.45, 7) is 0.751. The van der Waals surface area contributed by atoms with Crippen molar-refractivity contribution in [2.75, 3.05) is 30.9 Å². The molecule has 0 spiro atoms. The fourth-order valence-electron chi connectivity index (χ4n) is 4.46. The lowest BCUT2D eigenvalue weighted by atomic mass is 9.86. The van der Waals surface area contributed by atoms with Crippen molar-refractivity contribution in [2.24, 2.45) is 5.92 Å². The van der Waals surface area contributed by atoms with Crippen molar-refractivity contribution < 1.29 is 4.79 Å². The van der Waals surface area contributed by atoms with Crippen molar-refractivity contribution in [2.45, 2.75) is 57.4 Å². The fraction of sp³-hybridized carbons (Fsp3) is 0.591. The Kier molecular flexibility index (Phi) is 6.93. The number of halogens is 1. The van der Waals surface area contributed by atoms with Gasteiger partial charge in [-0.2, -0.15) is 4.98 Å². The number of carbonyl (C=O) groups excluding carboxylic acids is 1. The van der Waals surface area contributed by atoms with E-state index in [0.29, 0.717) is 12.0 Å². The molecule has 6 nitrogen and oxygen atoms in total. The zero-order valence-electron chi connectivity index (χ0n) is 17.7. The minimum atomic E-state index is 0.0321. The Bertz CT molecular complexity index is 892. The van der Waals surface area contributed by atoms with E-state index in [9.17, 15) is 4.79 Å². The molecule has 0 atom stereocenters. The van der Waals surface area contributed by atoms with Crippen LogP contribution in [-0.4, -0.2) is 42.6 Å². The monoisotopic (exact) mass is 491 g/mol. The number of rotatable bonds is 6. The summed E-state index contributed by atoms with van der Waals surface area (Å²) in [6.07, 6.45) is 8.98. The zero-order chi connectivity index (χ0) is 21.1. The molecule has 0 bridgehead atoms. The predicted octanol–water partition coefficient (Wildman–Crippen LogP) is 4.65. The van der Waals surface area contributed by atoms with Gasteiger partial charge in [-0.1, -0.05) is 0 Å². The van der Waals surface area contributed by atoms with E-state index in [1.165, 1.54) is 35.4 Å². The Morgan fingerprint density at radius 2 is 1.93 bits per heavy atom. The molecule has 1 amide bonds. The van der Waals surface area contributed by atoms with Crippen LogP contribution in [0.2, 0.25) is 0 Å². The third-order valence-electron chi connectivity index (χ3n) is 6.11. The van der Waals surface area contributed by atoms with Gasteiger partial charge in [-0.05, 0) is 85.3 Å². The van der Waals surface area contributed by atoms with Crippen molar-refractivity contribution in [3.05, 3.63) is 32.1 Å². The molecule has 2 aliphatic rings. The van der Waals surface area contributed by atoms with Crippen molar-refractivity contribution in [1.82, 2.24) is 15.3 Å². The smallest absolute Gasteiger partial charge is 0.261 e. The predicted molar refractivity (Wildman–Crippen MR) is 127 cm³/mol. The zero-order valence-corrected chi connectivity index (χ0v) is 20.1. The third-order valence-corrected chi connectivity index (χ3v) is 7.74. The Morgan fingerprint density at radius 1 is 1.17 bits per heavy atom. The fourth-order valence-corrected chi connectivity index (χ4v) is 5.77. The third kappa shape index (κ3) is 5.14. The molecule has 0 unspecified atom stereocenters. The highest BCUT2D eigenvalue weighted by molar-refractivity contribution is 9.11. The molecule has 2 aromatic rings. The van der Waals surface area contributed by atoms with E-state index in [2.05, 4.69) is 45.6 Å². The van der Waals surface area contributed by atoms with Crippen LogP contribution in [0.5, 0.6) is 0 Å². The number of nitrogens with one attached hydrogen (secondary N) is 2. The number of aryl methyl sites for hydroxylation is 1. The van der Waals surface area contributed by atoms with Crippen molar-refractivity contribution in [3.8, 4) is 0 Å². The minimum Gasteiger partial charge on any atom is -0.362 e. The van der Waals surface area contributed by atoms with Gasteiger partial charge < -0.3 is 15.5 Å². The molecule has 2 heterocycles. The topological polar surface area (TPSA) is 70.2 Å². The summed E-state index contributed by atoms with van der Waals surface area (Å²) in [5, 5.41) is 6.70. The number of fused-ring (bicyclic) bond motifs is 1. The maximum absolute atomic E-state index is 12.3. The molecule has 162 valence electrons. The van der Waals surface area contributed by atoms with Crippen molar-refractivity contribution in [3.63, 3.8) is 0 Å². The van der Waals surface area contributed by atoms with Crippen LogP contribution in [0, 0.1) is 5.92 Å². The lowest BCUT2D eigenvalue weighted by Gasteiger charge is -2.30. The van der Waals surface area contributed by atoms with Crippen LogP contribution in [0.1, 0.15) is 59.5 Å². The van der Waals surface area contributed by atoms with E-state index in [-0.39, 0.29) is 5.91 Å². The van der Waals surface area contributed by atoms with Gasteiger partial charge >= 0.3 is 0 Å². The molecular formula is C22H30BrN5OS. The molecule has 8 heteroatoms. The Morgan fingerprint density at radius 3 is 2.63 bits per heavy atom. The standard InChI is InChI=1S/C22H30BrN5OS/c1-28(2)20-16-5-3-4-6-17(16)26-22(27-20)25-15-9-7-14(8-10-15)13-24-21(29)18-11-12-19(23)30-18/h11-12,14-15H,3-10,13H2,1-2H3,(H,24,29)(H,25,26,27). The molecule has 1 saturated carbocycles. The van der Waals surface area contributed by atoms with E-state index in [0.717, 1.165) is 65.5 Å². The van der Waals surface area contributed by atoms with Gasteiger partial charge in [0.25, 0.3) is 5.91 Å². The number of aromatic nitrogens is 2. The average molecular weight is 492 g/mol. The van der Waals surface area contributed by atoms with Gasteiger partial charge in [0.05, 0.1) is 14.4 Å². The summed E-state index contributed by atoms with van der Waals surface area (Å²) in [4.78, 5) is 24.8. The second kappa shape index (κ2) is 9.64. The van der Waals surface area contributed by atoms with Crippen LogP contribution < -0.4 is 15.5 Å². The first-order chi connectivity index (χ1) is 14.5. The summed E-state index contributed by atoms with van der Waals surface area (Å²) < 4.78 is 0.987. The van der Waals surface area contributed by atoms with Crippen LogP contribution in [0.4, 0.5) is 11.8 Å². The van der Waals surface area contributed by atoms with Crippen LogP contribution >= 0.6 is 27.3 Å². The number of anilines is 2. The maximum Gasteiger partial charge on any atom is 0.261 e. The number of amides is 1. The molecule has 2 aromatic heterocycles. The molecule has 0 radical (unpaired) electrons. The van der Waals surface area contributed by atoms with E-state index in [4.69, 9.17) is 9.97 Å². The second-order valence-corrected chi connectivity index (χ2v) is 11.0. The van der Waals surface area contributed by atoms with Gasteiger partial charge in [0.15, 0.2) is 0 Å². The summed E-state index contributed by atoms with van der Waals surface area (Å²) >= 11 is 4.89. The van der Waals surface area contributed by atoms with Crippen LogP contribution in [-0.2, 0) is 12.8 Å². The van der Waals surface area contributed by atoms with E-state index >= 15 is 0 Å². The lowest BCUT2D eigenvalue weighted by Crippen LogP contribution is -2.34. The largest absolute Gasteiger partial charge is 0.362 e.